The highest BCUT2D eigenvalue weighted by molar-refractivity contribution is 5.31. The first-order chi connectivity index (χ1) is 8.61. The van der Waals surface area contributed by atoms with E-state index < -0.39 is 6.43 Å². The zero-order valence-corrected chi connectivity index (χ0v) is 11.9. The van der Waals surface area contributed by atoms with Crippen LogP contribution in [0.4, 0.5) is 13.5 Å². The highest BCUT2D eigenvalue weighted by Crippen LogP contribution is 2.30. The average molecular weight is 280 g/mol. The van der Waals surface area contributed by atoms with Crippen LogP contribution in [0.1, 0.15) is 44.9 Å². The van der Waals surface area contributed by atoms with Gasteiger partial charge in [0.2, 0.25) is 5.88 Å². The normalized spacial score (nSPS) is 11.7. The summed E-state index contributed by atoms with van der Waals surface area (Å²) in [5, 5.41) is 3.79. The summed E-state index contributed by atoms with van der Waals surface area (Å²) >= 11 is 0. The van der Waals surface area contributed by atoms with Gasteiger partial charge in [-0.1, -0.05) is 19.9 Å². The summed E-state index contributed by atoms with van der Waals surface area (Å²) in [5.41, 5.74) is 0.312. The number of aryl methyl sites for hydroxylation is 1. The van der Waals surface area contributed by atoms with Crippen LogP contribution in [0, 0.1) is 6.92 Å². The monoisotopic (exact) mass is 280 g/mol. The van der Waals surface area contributed by atoms with Gasteiger partial charge >= 0.3 is 0 Å². The molecule has 2 rings (SSSR count). The summed E-state index contributed by atoms with van der Waals surface area (Å²) in [6, 6.07) is 0. The molecule has 2 heterocycles. The average Bonchev–Trinajstić information content (AvgIpc) is 2.71. The Kier molecular flexibility index (Phi) is 10.9. The van der Waals surface area contributed by atoms with Gasteiger partial charge in [-0.2, -0.15) is 5.10 Å². The van der Waals surface area contributed by atoms with Crippen LogP contribution in [0.25, 0.3) is 0 Å². The van der Waals surface area contributed by atoms with E-state index in [9.17, 15) is 8.78 Å². The molecule has 1 aromatic rings. The first-order valence-electron chi connectivity index (χ1n) is 6.17. The molecule has 0 unspecified atom stereocenters. The van der Waals surface area contributed by atoms with Crippen molar-refractivity contribution in [3.63, 3.8) is 0 Å². The molecule has 0 fully saturated rings. The molecule has 0 N–H and O–H groups in total. The molecule has 0 bridgehead atoms. The fraction of sp³-hybridized carbons (Fsp3) is 0.615. The lowest BCUT2D eigenvalue weighted by Crippen LogP contribution is -2.14. The van der Waals surface area contributed by atoms with Crippen molar-refractivity contribution in [1.82, 2.24) is 9.78 Å². The van der Waals surface area contributed by atoms with E-state index in [4.69, 9.17) is 4.74 Å². The van der Waals surface area contributed by atoms with Crippen molar-refractivity contribution in [2.75, 3.05) is 6.61 Å². The van der Waals surface area contributed by atoms with Crippen molar-refractivity contribution in [2.45, 2.75) is 47.1 Å². The molecule has 112 valence electrons. The maximum atomic E-state index is 12.4. The Morgan fingerprint density at radius 2 is 1.95 bits per heavy atom. The Hall–Kier alpha value is -1.46. The first-order valence-corrected chi connectivity index (χ1v) is 6.17. The lowest BCUT2D eigenvalue weighted by Gasteiger charge is -2.14. The van der Waals surface area contributed by atoms with Crippen LogP contribution in [0.5, 0.6) is 5.88 Å². The topological polar surface area (TPSA) is 27.1 Å². The Morgan fingerprint density at radius 3 is 2.37 bits per heavy atom. The van der Waals surface area contributed by atoms with Gasteiger partial charge in [-0.15, -0.1) is 6.58 Å². The first kappa shape index (κ1) is 19.9. The number of hydrogen-bond acceptors (Lipinski definition) is 2. The van der Waals surface area contributed by atoms with Crippen molar-refractivity contribution >= 4 is 0 Å². The summed E-state index contributed by atoms with van der Waals surface area (Å²) in [6.07, 6.45) is 0.0678. The van der Waals surface area contributed by atoms with Gasteiger partial charge < -0.3 is 4.74 Å². The predicted molar refractivity (Wildman–Crippen MR) is 71.8 cm³/mol. The Bertz CT molecular complexity index is 365. The third-order valence-electron chi connectivity index (χ3n) is 2.13. The molecule has 19 heavy (non-hydrogen) atoms. The van der Waals surface area contributed by atoms with Crippen molar-refractivity contribution in [3.05, 3.63) is 23.9 Å². The van der Waals surface area contributed by atoms with Crippen LogP contribution in [-0.2, 0) is 6.54 Å². The van der Waals surface area contributed by atoms with Crippen LogP contribution in [0.2, 0.25) is 0 Å². The number of hydrogen-bond donors (Lipinski definition) is 0. The molecular formula is C13H23F3N2O. The minimum Gasteiger partial charge on any atom is -0.478 e. The van der Waals surface area contributed by atoms with Gasteiger partial charge in [0.25, 0.3) is 6.43 Å². The van der Waals surface area contributed by atoms with Crippen LogP contribution in [0.15, 0.2) is 12.7 Å². The number of alkyl halides is 2. The standard InChI is InChI=1S/C8H10F2N2O.C3H6.C2H6.FH/c1-5-6(7(9)10)11-12-3-2-4-13-8(5)12;1-3-2;1-2;/h7H,2-4H2,1H3;3H,1H2,2H3;1-2H3;1H. The van der Waals surface area contributed by atoms with Crippen LogP contribution >= 0.6 is 0 Å². The Balaban J connectivity index is 0. The zero-order valence-electron chi connectivity index (χ0n) is 11.9. The van der Waals surface area contributed by atoms with E-state index in [1.54, 1.807) is 13.0 Å². The van der Waals surface area contributed by atoms with E-state index >= 15 is 0 Å². The van der Waals surface area contributed by atoms with E-state index in [2.05, 4.69) is 11.7 Å². The van der Waals surface area contributed by atoms with Gasteiger partial charge in [-0.3, -0.25) is 4.70 Å². The number of fused-ring (bicyclic) bond motifs is 1. The van der Waals surface area contributed by atoms with Gasteiger partial charge in [-0.05, 0) is 13.8 Å². The molecule has 1 aliphatic heterocycles. The summed E-state index contributed by atoms with van der Waals surface area (Å²) in [5.74, 6) is 0.501. The third kappa shape index (κ3) is 5.36. The fourth-order valence-electron chi connectivity index (χ4n) is 1.48. The molecule has 0 aliphatic carbocycles. The zero-order chi connectivity index (χ0) is 14.1. The number of aromatic nitrogens is 2. The molecule has 6 heteroatoms. The molecule has 0 aromatic carbocycles. The molecule has 0 saturated heterocycles. The van der Waals surface area contributed by atoms with Crippen molar-refractivity contribution in [2.24, 2.45) is 0 Å². The smallest absolute Gasteiger partial charge is 0.282 e. The second-order valence-electron chi connectivity index (χ2n) is 3.45. The molecule has 0 saturated carbocycles. The van der Waals surface area contributed by atoms with E-state index in [-0.39, 0.29) is 10.4 Å². The predicted octanol–water partition coefficient (Wildman–Crippen LogP) is 4.28. The SMILES string of the molecule is C=CC.CC.Cc1c(C(F)F)nn2c1OCCC2.F. The second kappa shape index (κ2) is 10.5. The molecule has 1 aromatic heterocycles. The van der Waals surface area contributed by atoms with Crippen LogP contribution in [-0.4, -0.2) is 16.4 Å². The highest BCUT2D eigenvalue weighted by atomic mass is 19.3. The fourth-order valence-corrected chi connectivity index (χ4v) is 1.48. The van der Waals surface area contributed by atoms with E-state index in [0.717, 1.165) is 6.42 Å². The lowest BCUT2D eigenvalue weighted by atomic mass is 10.2. The molecule has 3 nitrogen and oxygen atoms in total. The molecule has 0 radical (unpaired) electrons. The van der Waals surface area contributed by atoms with E-state index in [1.807, 2.05) is 20.8 Å². The van der Waals surface area contributed by atoms with Gasteiger partial charge in [0.15, 0.2) is 0 Å². The summed E-state index contributed by atoms with van der Waals surface area (Å²) in [6.45, 7) is 12.1. The van der Waals surface area contributed by atoms with Crippen molar-refractivity contribution in [3.8, 4) is 5.88 Å². The molecule has 1 aliphatic rings. The minimum atomic E-state index is -2.51. The number of rotatable bonds is 1. The molecule has 0 amide bonds. The summed E-state index contributed by atoms with van der Waals surface area (Å²) in [4.78, 5) is 0. The highest BCUT2D eigenvalue weighted by Gasteiger charge is 2.23. The summed E-state index contributed by atoms with van der Waals surface area (Å²) < 4.78 is 31.5. The second-order valence-corrected chi connectivity index (χ2v) is 3.45. The largest absolute Gasteiger partial charge is 0.478 e. The quantitative estimate of drug-likeness (QED) is 0.718. The van der Waals surface area contributed by atoms with Crippen molar-refractivity contribution in [1.29, 1.82) is 0 Å². The number of allylic oxidation sites excluding steroid dienone is 1. The minimum absolute atomic E-state index is 0. The molecular weight excluding hydrogens is 257 g/mol. The third-order valence-corrected chi connectivity index (χ3v) is 2.13. The van der Waals surface area contributed by atoms with Crippen molar-refractivity contribution < 1.29 is 18.2 Å². The van der Waals surface area contributed by atoms with Crippen LogP contribution < -0.4 is 4.74 Å². The number of halogens is 3. The maximum Gasteiger partial charge on any atom is 0.282 e. The van der Waals surface area contributed by atoms with E-state index in [1.165, 1.54) is 4.68 Å². The molecule has 0 atom stereocenters. The number of ether oxygens (including phenoxy) is 1. The van der Waals surface area contributed by atoms with Gasteiger partial charge in [0.05, 0.1) is 6.61 Å². The lowest BCUT2D eigenvalue weighted by molar-refractivity contribution is 0.144. The van der Waals surface area contributed by atoms with Gasteiger partial charge in [-0.25, -0.2) is 13.5 Å². The Labute approximate surface area is 112 Å². The van der Waals surface area contributed by atoms with E-state index in [0.29, 0.717) is 24.6 Å². The Morgan fingerprint density at radius 1 is 1.42 bits per heavy atom. The molecule has 0 spiro atoms. The summed E-state index contributed by atoms with van der Waals surface area (Å²) in [7, 11) is 0. The number of nitrogens with zero attached hydrogens (tertiary/aromatic N) is 2. The van der Waals surface area contributed by atoms with Gasteiger partial charge in [0, 0.05) is 18.5 Å². The van der Waals surface area contributed by atoms with Crippen LogP contribution in [0.3, 0.4) is 0 Å². The van der Waals surface area contributed by atoms with Gasteiger partial charge in [0.1, 0.15) is 5.69 Å². The maximum absolute atomic E-state index is 12.4.